The number of aldehydes is 1. The van der Waals surface area contributed by atoms with Crippen LogP contribution >= 0.6 is 0 Å². The topological polar surface area (TPSA) is 55.4 Å². The third-order valence-electron chi connectivity index (χ3n) is 3.50. The van der Waals surface area contributed by atoms with Gasteiger partial charge in [-0.15, -0.1) is 0 Å². The molecule has 0 bridgehead atoms. The minimum atomic E-state index is -0.522. The average molecular weight is 325 g/mol. The summed E-state index contributed by atoms with van der Waals surface area (Å²) in [5.41, 5.74) is 3.16. The van der Waals surface area contributed by atoms with Crippen molar-refractivity contribution in [1.29, 1.82) is 0 Å². The first-order valence-electron chi connectivity index (χ1n) is 7.93. The van der Waals surface area contributed by atoms with E-state index in [1.165, 1.54) is 0 Å². The lowest BCUT2D eigenvalue weighted by Crippen LogP contribution is -2.34. The van der Waals surface area contributed by atoms with Crippen molar-refractivity contribution in [3.63, 3.8) is 0 Å². The molecule has 0 fully saturated rings. The second-order valence-electron chi connectivity index (χ2n) is 6.73. The highest BCUT2D eigenvalue weighted by Crippen LogP contribution is 2.24. The zero-order chi connectivity index (χ0) is 17.7. The van der Waals surface area contributed by atoms with E-state index in [0.717, 1.165) is 23.0 Å². The third kappa shape index (κ3) is 4.95. The van der Waals surface area contributed by atoms with Gasteiger partial charge in [-0.3, -0.25) is 4.79 Å². The number of carbonyl (C=O) groups excluding carboxylic acids is 2. The molecule has 0 heterocycles. The number of alkyl carbamates (subject to hydrolysis) is 1. The molecule has 0 aliphatic rings. The minimum Gasteiger partial charge on any atom is -0.444 e. The molecular weight excluding hydrogens is 302 g/mol. The van der Waals surface area contributed by atoms with E-state index < -0.39 is 11.7 Å². The van der Waals surface area contributed by atoms with Crippen molar-refractivity contribution in [3.8, 4) is 11.1 Å². The molecule has 126 valence electrons. The molecule has 0 saturated carbocycles. The molecule has 0 spiro atoms. The molecular formula is C20H23NO3. The van der Waals surface area contributed by atoms with Crippen LogP contribution in [0.2, 0.25) is 0 Å². The van der Waals surface area contributed by atoms with Gasteiger partial charge in [0.1, 0.15) is 11.9 Å². The fourth-order valence-corrected chi connectivity index (χ4v) is 2.31. The average Bonchev–Trinajstić information content (AvgIpc) is 2.53. The number of rotatable bonds is 4. The molecule has 1 N–H and O–H groups in total. The molecule has 4 heteroatoms. The number of carbonyl (C=O) groups is 2. The van der Waals surface area contributed by atoms with Crippen LogP contribution in [0.25, 0.3) is 11.1 Å². The van der Waals surface area contributed by atoms with Crippen molar-refractivity contribution in [2.45, 2.75) is 39.3 Å². The van der Waals surface area contributed by atoms with Crippen LogP contribution in [0.4, 0.5) is 4.79 Å². The second kappa shape index (κ2) is 7.30. The van der Waals surface area contributed by atoms with Gasteiger partial charge in [0.05, 0.1) is 6.04 Å². The molecule has 2 aromatic carbocycles. The largest absolute Gasteiger partial charge is 0.444 e. The SMILES string of the molecule is C[C@H](NC(=O)OC(C)(C)C)c1cccc(-c2ccc(C=O)cc2)c1. The van der Waals surface area contributed by atoms with Crippen molar-refractivity contribution in [2.24, 2.45) is 0 Å². The minimum absolute atomic E-state index is 0.172. The summed E-state index contributed by atoms with van der Waals surface area (Å²) in [6, 6.07) is 15.2. The number of hydrogen-bond donors (Lipinski definition) is 1. The fraction of sp³-hybridized carbons (Fsp3) is 0.300. The van der Waals surface area contributed by atoms with Crippen LogP contribution in [0.15, 0.2) is 48.5 Å². The molecule has 0 aliphatic carbocycles. The molecule has 0 saturated heterocycles. The predicted octanol–water partition coefficient (Wildman–Crippen LogP) is 4.75. The number of amides is 1. The Bertz CT molecular complexity index is 714. The van der Waals surface area contributed by atoms with E-state index in [4.69, 9.17) is 4.74 Å². The quantitative estimate of drug-likeness (QED) is 0.825. The van der Waals surface area contributed by atoms with Gasteiger partial charge in [0.25, 0.3) is 0 Å². The number of benzene rings is 2. The maximum absolute atomic E-state index is 11.9. The Labute approximate surface area is 142 Å². The lowest BCUT2D eigenvalue weighted by Gasteiger charge is -2.22. The molecule has 2 rings (SSSR count). The maximum Gasteiger partial charge on any atom is 0.408 e. The van der Waals surface area contributed by atoms with E-state index >= 15 is 0 Å². The molecule has 0 unspecified atom stereocenters. The highest BCUT2D eigenvalue weighted by molar-refractivity contribution is 5.77. The summed E-state index contributed by atoms with van der Waals surface area (Å²) in [6.07, 6.45) is 0.392. The first-order valence-corrected chi connectivity index (χ1v) is 7.93. The van der Waals surface area contributed by atoms with Gasteiger partial charge in [0.2, 0.25) is 0 Å². The lowest BCUT2D eigenvalue weighted by atomic mass is 9.99. The van der Waals surface area contributed by atoms with Crippen LogP contribution in [0.5, 0.6) is 0 Å². The van der Waals surface area contributed by atoms with E-state index in [0.29, 0.717) is 5.56 Å². The van der Waals surface area contributed by atoms with Gasteiger partial charge in [0, 0.05) is 5.56 Å². The fourth-order valence-electron chi connectivity index (χ4n) is 2.31. The number of ether oxygens (including phenoxy) is 1. The molecule has 0 aliphatic heterocycles. The summed E-state index contributed by atoms with van der Waals surface area (Å²) in [5.74, 6) is 0. The van der Waals surface area contributed by atoms with Gasteiger partial charge in [-0.1, -0.05) is 42.5 Å². The summed E-state index contributed by atoms with van der Waals surface area (Å²) < 4.78 is 5.29. The van der Waals surface area contributed by atoms with Crippen LogP contribution in [-0.2, 0) is 4.74 Å². The monoisotopic (exact) mass is 325 g/mol. The van der Waals surface area contributed by atoms with Gasteiger partial charge in [-0.05, 0) is 50.5 Å². The Morgan fingerprint density at radius 2 is 1.75 bits per heavy atom. The Morgan fingerprint density at radius 3 is 2.33 bits per heavy atom. The summed E-state index contributed by atoms with van der Waals surface area (Å²) in [5, 5.41) is 2.84. The normalized spacial score (nSPS) is 12.3. The molecule has 1 atom stereocenters. The van der Waals surface area contributed by atoms with E-state index in [2.05, 4.69) is 5.32 Å². The van der Waals surface area contributed by atoms with Gasteiger partial charge in [-0.25, -0.2) is 4.79 Å². The highest BCUT2D eigenvalue weighted by Gasteiger charge is 2.18. The zero-order valence-electron chi connectivity index (χ0n) is 14.5. The zero-order valence-corrected chi connectivity index (χ0v) is 14.5. The van der Waals surface area contributed by atoms with Crippen LogP contribution in [0.3, 0.4) is 0 Å². The van der Waals surface area contributed by atoms with Crippen LogP contribution < -0.4 is 5.32 Å². The Kier molecular flexibility index (Phi) is 5.39. The third-order valence-corrected chi connectivity index (χ3v) is 3.50. The van der Waals surface area contributed by atoms with Gasteiger partial charge >= 0.3 is 6.09 Å². The van der Waals surface area contributed by atoms with Crippen LogP contribution in [0, 0.1) is 0 Å². The first-order chi connectivity index (χ1) is 11.3. The van der Waals surface area contributed by atoms with E-state index in [1.54, 1.807) is 12.1 Å². The number of nitrogens with one attached hydrogen (secondary N) is 1. The second-order valence-corrected chi connectivity index (χ2v) is 6.73. The van der Waals surface area contributed by atoms with Crippen molar-refractivity contribution in [3.05, 3.63) is 59.7 Å². The maximum atomic E-state index is 11.9. The molecule has 0 aromatic heterocycles. The lowest BCUT2D eigenvalue weighted by molar-refractivity contribution is 0.0508. The van der Waals surface area contributed by atoms with Gasteiger partial charge in [0.15, 0.2) is 0 Å². The van der Waals surface area contributed by atoms with E-state index in [9.17, 15) is 9.59 Å². The Balaban J connectivity index is 2.14. The summed E-state index contributed by atoms with van der Waals surface area (Å²) in [4.78, 5) is 22.6. The number of hydrogen-bond acceptors (Lipinski definition) is 3. The van der Waals surface area contributed by atoms with Crippen molar-refractivity contribution in [1.82, 2.24) is 5.32 Å². The molecule has 0 radical (unpaired) electrons. The summed E-state index contributed by atoms with van der Waals surface area (Å²) in [6.45, 7) is 7.42. The van der Waals surface area contributed by atoms with Crippen molar-refractivity contribution >= 4 is 12.4 Å². The summed E-state index contributed by atoms with van der Waals surface area (Å²) in [7, 11) is 0. The summed E-state index contributed by atoms with van der Waals surface area (Å²) >= 11 is 0. The van der Waals surface area contributed by atoms with Gasteiger partial charge in [-0.2, -0.15) is 0 Å². The van der Waals surface area contributed by atoms with Crippen molar-refractivity contribution in [2.75, 3.05) is 0 Å². The molecule has 1 amide bonds. The van der Waals surface area contributed by atoms with Crippen molar-refractivity contribution < 1.29 is 14.3 Å². The van der Waals surface area contributed by atoms with E-state index in [1.807, 2.05) is 64.1 Å². The highest BCUT2D eigenvalue weighted by atomic mass is 16.6. The predicted molar refractivity (Wildman–Crippen MR) is 95.1 cm³/mol. The molecule has 24 heavy (non-hydrogen) atoms. The Hall–Kier alpha value is -2.62. The van der Waals surface area contributed by atoms with Crippen LogP contribution in [0.1, 0.15) is 49.7 Å². The van der Waals surface area contributed by atoms with E-state index in [-0.39, 0.29) is 6.04 Å². The Morgan fingerprint density at radius 1 is 1.08 bits per heavy atom. The van der Waals surface area contributed by atoms with Gasteiger partial charge < -0.3 is 10.1 Å². The molecule has 2 aromatic rings. The standard InChI is InChI=1S/C20H23NO3/c1-14(21-19(23)24-20(2,3)4)17-6-5-7-18(12-17)16-10-8-15(13-22)9-11-16/h5-14H,1-4H3,(H,21,23)/t14-/m0/s1. The smallest absolute Gasteiger partial charge is 0.408 e. The molecule has 4 nitrogen and oxygen atoms in total. The van der Waals surface area contributed by atoms with Crippen LogP contribution in [-0.4, -0.2) is 18.0 Å². The first kappa shape index (κ1) is 17.7.